The third-order valence-electron chi connectivity index (χ3n) is 1.69. The Bertz CT molecular complexity index is 360. The normalized spacial score (nSPS) is 11.2. The topological polar surface area (TPSA) is 22.1 Å². The van der Waals surface area contributed by atoms with Crippen LogP contribution in [0.1, 0.15) is 18.2 Å². The molecule has 1 rings (SSSR count). The van der Waals surface area contributed by atoms with Crippen LogP contribution in [-0.2, 0) is 10.9 Å². The average Bonchev–Trinajstić information content (AvgIpc) is 2.17. The number of alkyl halides is 3. The van der Waals surface area contributed by atoms with Crippen molar-refractivity contribution in [2.75, 3.05) is 6.61 Å². The van der Waals surface area contributed by atoms with Gasteiger partial charge in [0.1, 0.15) is 11.5 Å². The Morgan fingerprint density at radius 2 is 2.20 bits per heavy atom. The highest BCUT2D eigenvalue weighted by Crippen LogP contribution is 2.29. The van der Waals surface area contributed by atoms with Gasteiger partial charge in [0.2, 0.25) is 0 Å². The van der Waals surface area contributed by atoms with E-state index in [-0.39, 0.29) is 11.5 Å². The van der Waals surface area contributed by atoms with E-state index in [2.05, 4.69) is 11.6 Å². The molecule has 0 unspecified atom stereocenters. The summed E-state index contributed by atoms with van der Waals surface area (Å²) in [6.07, 6.45) is -3.29. The van der Waals surface area contributed by atoms with Crippen LogP contribution >= 0.6 is 0 Å². The minimum absolute atomic E-state index is 0.103. The van der Waals surface area contributed by atoms with E-state index in [9.17, 15) is 13.2 Å². The zero-order valence-electron chi connectivity index (χ0n) is 8.14. The van der Waals surface area contributed by atoms with Crippen molar-refractivity contribution in [2.24, 2.45) is 0 Å². The van der Waals surface area contributed by atoms with Crippen LogP contribution in [-0.4, -0.2) is 11.6 Å². The summed E-state index contributed by atoms with van der Waals surface area (Å²) in [6.45, 7) is 5.55. The van der Waals surface area contributed by atoms with E-state index in [1.165, 1.54) is 0 Å². The fourth-order valence-electron chi connectivity index (χ4n) is 1.01. The number of hydrogen-bond donors (Lipinski definition) is 0. The van der Waals surface area contributed by atoms with E-state index in [1.54, 1.807) is 6.92 Å². The molecule has 0 radical (unpaired) electrons. The summed E-state index contributed by atoms with van der Waals surface area (Å²) in [6, 6.07) is 1.82. The van der Waals surface area contributed by atoms with Crippen molar-refractivity contribution in [3.8, 4) is 0 Å². The van der Waals surface area contributed by atoms with Gasteiger partial charge in [-0.25, -0.2) is 0 Å². The largest absolute Gasteiger partial charge is 0.492 e. The minimum atomic E-state index is -4.37. The predicted octanol–water partition coefficient (Wildman–Crippen LogP) is 3.11. The number of nitrogens with zero attached hydrogens (tertiary/aromatic N) is 1. The van der Waals surface area contributed by atoms with E-state index in [0.717, 1.165) is 18.3 Å². The van der Waals surface area contributed by atoms with E-state index in [1.807, 2.05) is 0 Å². The minimum Gasteiger partial charge on any atom is -0.492 e. The molecule has 1 aromatic rings. The molecule has 0 amide bonds. The number of hydrogen-bond acceptors (Lipinski definition) is 2. The molecular formula is C10H10F3NO. The zero-order chi connectivity index (χ0) is 11.5. The molecule has 0 spiro atoms. The van der Waals surface area contributed by atoms with Crippen LogP contribution in [0.5, 0.6) is 0 Å². The van der Waals surface area contributed by atoms with Crippen molar-refractivity contribution in [3.63, 3.8) is 0 Å². The molecule has 0 aliphatic heterocycles. The van der Waals surface area contributed by atoms with Crippen LogP contribution in [0.15, 0.2) is 24.9 Å². The van der Waals surface area contributed by atoms with Crippen LogP contribution in [0.3, 0.4) is 0 Å². The molecule has 0 fully saturated rings. The van der Waals surface area contributed by atoms with Crippen LogP contribution in [0, 0.1) is 0 Å². The molecule has 5 heteroatoms. The molecule has 0 saturated heterocycles. The number of rotatable bonds is 3. The number of aromatic nitrogens is 1. The van der Waals surface area contributed by atoms with Crippen molar-refractivity contribution in [1.82, 2.24) is 4.98 Å². The van der Waals surface area contributed by atoms with Crippen LogP contribution in [0.4, 0.5) is 13.2 Å². The van der Waals surface area contributed by atoms with Crippen LogP contribution < -0.4 is 0 Å². The second-order valence-electron chi connectivity index (χ2n) is 2.78. The molecule has 1 aromatic heterocycles. The summed E-state index contributed by atoms with van der Waals surface area (Å²) in [5.41, 5.74) is -0.653. The molecule has 0 atom stereocenters. The molecule has 1 heterocycles. The first-order chi connectivity index (χ1) is 6.95. The van der Waals surface area contributed by atoms with Gasteiger partial charge in [0.25, 0.3) is 0 Å². The first-order valence-electron chi connectivity index (χ1n) is 4.30. The Kier molecular flexibility index (Phi) is 3.34. The molecule has 0 aromatic carbocycles. The maximum atomic E-state index is 12.3. The van der Waals surface area contributed by atoms with Crippen molar-refractivity contribution < 1.29 is 17.9 Å². The number of halogens is 3. The monoisotopic (exact) mass is 217 g/mol. The van der Waals surface area contributed by atoms with Crippen molar-refractivity contribution in [2.45, 2.75) is 13.1 Å². The SMILES string of the molecule is C=C(OCC)c1cc(C(F)(F)F)ccn1. The summed E-state index contributed by atoms with van der Waals surface area (Å²) in [5, 5.41) is 0. The van der Waals surface area contributed by atoms with Gasteiger partial charge in [-0.2, -0.15) is 13.2 Å². The molecule has 0 N–H and O–H groups in total. The predicted molar refractivity (Wildman–Crippen MR) is 49.9 cm³/mol. The van der Waals surface area contributed by atoms with Gasteiger partial charge in [-0.1, -0.05) is 6.58 Å². The standard InChI is InChI=1S/C10H10F3NO/c1-3-15-7(2)9-6-8(4-5-14-9)10(11,12)13/h4-6H,2-3H2,1H3. The van der Waals surface area contributed by atoms with Gasteiger partial charge in [-0.3, -0.25) is 4.98 Å². The van der Waals surface area contributed by atoms with Crippen LogP contribution in [0.25, 0.3) is 5.76 Å². The Morgan fingerprint density at radius 3 is 2.73 bits per heavy atom. The van der Waals surface area contributed by atoms with Gasteiger partial charge >= 0.3 is 6.18 Å². The van der Waals surface area contributed by atoms with Crippen molar-refractivity contribution in [3.05, 3.63) is 36.2 Å². The fraction of sp³-hybridized carbons (Fsp3) is 0.300. The van der Waals surface area contributed by atoms with Crippen molar-refractivity contribution in [1.29, 1.82) is 0 Å². The maximum Gasteiger partial charge on any atom is 0.416 e. The summed E-state index contributed by atoms with van der Waals surface area (Å²) >= 11 is 0. The molecule has 82 valence electrons. The molecule has 0 aliphatic carbocycles. The molecule has 2 nitrogen and oxygen atoms in total. The van der Waals surface area contributed by atoms with E-state index in [0.29, 0.717) is 6.61 Å². The molecule has 0 saturated carbocycles. The number of pyridine rings is 1. The Morgan fingerprint density at radius 1 is 1.53 bits per heavy atom. The zero-order valence-corrected chi connectivity index (χ0v) is 8.14. The summed E-state index contributed by atoms with van der Waals surface area (Å²) in [7, 11) is 0. The fourth-order valence-corrected chi connectivity index (χ4v) is 1.01. The Balaban J connectivity index is 2.98. The van der Waals surface area contributed by atoms with Crippen LogP contribution in [0.2, 0.25) is 0 Å². The van der Waals surface area contributed by atoms with Gasteiger partial charge in [-0.15, -0.1) is 0 Å². The highest BCUT2D eigenvalue weighted by molar-refractivity contribution is 5.54. The summed E-state index contributed by atoms with van der Waals surface area (Å²) in [4.78, 5) is 3.75. The lowest BCUT2D eigenvalue weighted by Gasteiger charge is -2.09. The lowest BCUT2D eigenvalue weighted by molar-refractivity contribution is -0.137. The lowest BCUT2D eigenvalue weighted by atomic mass is 10.2. The van der Waals surface area contributed by atoms with E-state index in [4.69, 9.17) is 4.74 Å². The van der Waals surface area contributed by atoms with Gasteiger partial charge in [0.15, 0.2) is 0 Å². The Hall–Kier alpha value is -1.52. The Labute approximate surface area is 85.4 Å². The lowest BCUT2D eigenvalue weighted by Crippen LogP contribution is -2.06. The first-order valence-corrected chi connectivity index (χ1v) is 4.30. The average molecular weight is 217 g/mol. The highest BCUT2D eigenvalue weighted by atomic mass is 19.4. The van der Waals surface area contributed by atoms with Gasteiger partial charge in [-0.05, 0) is 19.1 Å². The maximum absolute atomic E-state index is 12.3. The smallest absolute Gasteiger partial charge is 0.416 e. The molecule has 15 heavy (non-hydrogen) atoms. The molecule has 0 aliphatic rings. The molecular weight excluding hydrogens is 207 g/mol. The second-order valence-corrected chi connectivity index (χ2v) is 2.78. The first kappa shape index (κ1) is 11.6. The second kappa shape index (κ2) is 4.33. The number of ether oxygens (including phenoxy) is 1. The third kappa shape index (κ3) is 2.97. The molecule has 0 bridgehead atoms. The summed E-state index contributed by atoms with van der Waals surface area (Å²) < 4.78 is 41.9. The van der Waals surface area contributed by atoms with Gasteiger partial charge in [0.05, 0.1) is 12.2 Å². The van der Waals surface area contributed by atoms with E-state index < -0.39 is 11.7 Å². The van der Waals surface area contributed by atoms with Crippen molar-refractivity contribution >= 4 is 5.76 Å². The van der Waals surface area contributed by atoms with Gasteiger partial charge in [0, 0.05) is 6.20 Å². The quantitative estimate of drug-likeness (QED) is 0.726. The highest BCUT2D eigenvalue weighted by Gasteiger charge is 2.30. The van der Waals surface area contributed by atoms with Gasteiger partial charge < -0.3 is 4.74 Å². The van der Waals surface area contributed by atoms with E-state index >= 15 is 0 Å². The third-order valence-corrected chi connectivity index (χ3v) is 1.69. The summed E-state index contributed by atoms with van der Waals surface area (Å²) in [5.74, 6) is 0.142.